The van der Waals surface area contributed by atoms with E-state index in [9.17, 15) is 9.59 Å². The maximum atomic E-state index is 11.0. The van der Waals surface area contributed by atoms with Gasteiger partial charge in [-0.1, -0.05) is 43.7 Å². The van der Waals surface area contributed by atoms with E-state index in [-0.39, 0.29) is 0 Å². The van der Waals surface area contributed by atoms with Gasteiger partial charge in [-0.15, -0.1) is 0 Å². The van der Waals surface area contributed by atoms with Crippen LogP contribution in [0.1, 0.15) is 44.7 Å². The molecule has 4 heteroatoms. The Balaban J connectivity index is 2.75. The molecule has 0 aromatic heterocycles. The van der Waals surface area contributed by atoms with Crippen molar-refractivity contribution in [2.75, 3.05) is 0 Å². The number of rotatable bonds is 7. The lowest BCUT2D eigenvalue weighted by Crippen LogP contribution is -2.19. The fourth-order valence-electron chi connectivity index (χ4n) is 1.85. The molecule has 0 heterocycles. The molecule has 0 saturated carbocycles. The standard InChI is InChI=1S/C17H22O4/c1-4-5-7-15-8-6-9-16(12-15)10-11-17(20-13(2)18)21-14(3)19/h6,8-12,17H,4-5,7H2,1-3H3. The van der Waals surface area contributed by atoms with Crippen LogP contribution in [0.25, 0.3) is 6.08 Å². The van der Waals surface area contributed by atoms with E-state index in [1.807, 2.05) is 12.1 Å². The van der Waals surface area contributed by atoms with E-state index >= 15 is 0 Å². The third-order valence-electron chi connectivity index (χ3n) is 2.78. The molecule has 0 amide bonds. The van der Waals surface area contributed by atoms with Crippen LogP contribution in [0.3, 0.4) is 0 Å². The summed E-state index contributed by atoms with van der Waals surface area (Å²) in [6.07, 6.45) is 5.69. The molecule has 21 heavy (non-hydrogen) atoms. The summed E-state index contributed by atoms with van der Waals surface area (Å²) in [6.45, 7) is 4.71. The van der Waals surface area contributed by atoms with Crippen LogP contribution in [0.5, 0.6) is 0 Å². The highest BCUT2D eigenvalue weighted by molar-refractivity contribution is 5.68. The molecular formula is C17H22O4. The molecule has 1 aromatic rings. The fraction of sp³-hybridized carbons (Fsp3) is 0.412. The van der Waals surface area contributed by atoms with Crippen LogP contribution in [-0.2, 0) is 25.5 Å². The highest BCUT2D eigenvalue weighted by atomic mass is 16.7. The summed E-state index contributed by atoms with van der Waals surface area (Å²) in [5.41, 5.74) is 2.24. The number of carbonyl (C=O) groups is 2. The SMILES string of the molecule is CCCCc1cccc(C=CC(OC(C)=O)OC(C)=O)c1. The van der Waals surface area contributed by atoms with Crippen molar-refractivity contribution >= 4 is 18.0 Å². The Morgan fingerprint density at radius 1 is 1.19 bits per heavy atom. The summed E-state index contributed by atoms with van der Waals surface area (Å²) in [7, 11) is 0. The Morgan fingerprint density at radius 3 is 2.43 bits per heavy atom. The normalized spacial score (nSPS) is 10.9. The Hall–Kier alpha value is -2.10. The monoisotopic (exact) mass is 290 g/mol. The first-order valence-corrected chi connectivity index (χ1v) is 7.13. The van der Waals surface area contributed by atoms with Crippen LogP contribution in [0, 0.1) is 0 Å². The summed E-state index contributed by atoms with van der Waals surface area (Å²) in [5, 5.41) is 0. The number of hydrogen-bond acceptors (Lipinski definition) is 4. The second-order valence-electron chi connectivity index (χ2n) is 4.79. The van der Waals surface area contributed by atoms with Crippen molar-refractivity contribution in [3.63, 3.8) is 0 Å². The zero-order valence-electron chi connectivity index (χ0n) is 12.8. The van der Waals surface area contributed by atoms with E-state index in [1.165, 1.54) is 19.4 Å². The summed E-state index contributed by atoms with van der Waals surface area (Å²) in [4.78, 5) is 21.9. The van der Waals surface area contributed by atoms with Crippen molar-refractivity contribution in [2.24, 2.45) is 0 Å². The highest BCUT2D eigenvalue weighted by Crippen LogP contribution is 2.11. The van der Waals surface area contributed by atoms with Crippen LogP contribution in [-0.4, -0.2) is 18.2 Å². The first-order valence-electron chi connectivity index (χ1n) is 7.13. The van der Waals surface area contributed by atoms with Crippen molar-refractivity contribution in [3.05, 3.63) is 41.5 Å². The van der Waals surface area contributed by atoms with Crippen LogP contribution in [0.2, 0.25) is 0 Å². The van der Waals surface area contributed by atoms with Gasteiger partial charge in [0.15, 0.2) is 0 Å². The summed E-state index contributed by atoms with van der Waals surface area (Å²) in [6, 6.07) is 8.09. The summed E-state index contributed by atoms with van der Waals surface area (Å²) >= 11 is 0. The van der Waals surface area contributed by atoms with Crippen LogP contribution >= 0.6 is 0 Å². The van der Waals surface area contributed by atoms with E-state index in [0.29, 0.717) is 0 Å². The molecule has 1 aromatic carbocycles. The molecule has 4 nitrogen and oxygen atoms in total. The zero-order valence-corrected chi connectivity index (χ0v) is 12.8. The molecule has 0 atom stereocenters. The van der Waals surface area contributed by atoms with Gasteiger partial charge in [0.1, 0.15) is 0 Å². The van der Waals surface area contributed by atoms with Crippen LogP contribution in [0.4, 0.5) is 0 Å². The predicted octanol–water partition coefficient (Wildman–Crippen LogP) is 3.49. The maximum absolute atomic E-state index is 11.0. The van der Waals surface area contributed by atoms with Crippen molar-refractivity contribution in [3.8, 4) is 0 Å². The van der Waals surface area contributed by atoms with Crippen molar-refractivity contribution < 1.29 is 19.1 Å². The van der Waals surface area contributed by atoms with Gasteiger partial charge < -0.3 is 9.47 Å². The number of carbonyl (C=O) groups excluding carboxylic acids is 2. The van der Waals surface area contributed by atoms with Gasteiger partial charge in [-0.3, -0.25) is 9.59 Å². The van der Waals surface area contributed by atoms with Gasteiger partial charge in [0, 0.05) is 13.8 Å². The number of aryl methyl sites for hydroxylation is 1. The molecule has 0 unspecified atom stereocenters. The topological polar surface area (TPSA) is 52.6 Å². The minimum atomic E-state index is -0.987. The lowest BCUT2D eigenvalue weighted by Gasteiger charge is -2.12. The second-order valence-corrected chi connectivity index (χ2v) is 4.79. The fourth-order valence-corrected chi connectivity index (χ4v) is 1.85. The molecular weight excluding hydrogens is 268 g/mol. The minimum absolute atomic E-state index is 0.498. The molecule has 1 rings (SSSR count). The number of hydrogen-bond donors (Lipinski definition) is 0. The van der Waals surface area contributed by atoms with Gasteiger partial charge in [-0.25, -0.2) is 0 Å². The molecule has 0 spiro atoms. The average Bonchev–Trinajstić information content (AvgIpc) is 2.42. The Labute approximate surface area is 125 Å². The van der Waals surface area contributed by atoms with Crippen molar-refractivity contribution in [2.45, 2.75) is 46.3 Å². The molecule has 0 bridgehead atoms. The highest BCUT2D eigenvalue weighted by Gasteiger charge is 2.10. The summed E-state index contributed by atoms with van der Waals surface area (Å²) < 4.78 is 9.82. The Kier molecular flexibility index (Phi) is 7.23. The quantitative estimate of drug-likeness (QED) is 0.569. The number of unbranched alkanes of at least 4 members (excludes halogenated alkanes) is 1. The predicted molar refractivity (Wildman–Crippen MR) is 81.4 cm³/mol. The van der Waals surface area contributed by atoms with Crippen LogP contribution < -0.4 is 0 Å². The van der Waals surface area contributed by atoms with Crippen molar-refractivity contribution in [1.82, 2.24) is 0 Å². The summed E-state index contributed by atoms with van der Waals surface area (Å²) in [5.74, 6) is -0.995. The average molecular weight is 290 g/mol. The molecule has 0 aliphatic rings. The Morgan fingerprint density at radius 2 is 1.86 bits per heavy atom. The molecule has 0 saturated heterocycles. The third kappa shape index (κ3) is 7.30. The first kappa shape index (κ1) is 17.0. The van der Waals surface area contributed by atoms with E-state index in [4.69, 9.17) is 9.47 Å². The largest absolute Gasteiger partial charge is 0.421 e. The van der Waals surface area contributed by atoms with E-state index in [2.05, 4.69) is 19.1 Å². The molecule has 0 aliphatic heterocycles. The van der Waals surface area contributed by atoms with E-state index in [0.717, 1.165) is 24.8 Å². The molecule has 0 fully saturated rings. The number of esters is 2. The van der Waals surface area contributed by atoms with Gasteiger partial charge in [-0.05, 0) is 30.0 Å². The third-order valence-corrected chi connectivity index (χ3v) is 2.78. The smallest absolute Gasteiger partial charge is 0.305 e. The first-order chi connectivity index (χ1) is 10.0. The molecule has 0 N–H and O–H groups in total. The molecule has 114 valence electrons. The lowest BCUT2D eigenvalue weighted by atomic mass is 10.1. The maximum Gasteiger partial charge on any atom is 0.305 e. The van der Waals surface area contributed by atoms with Gasteiger partial charge in [0.25, 0.3) is 6.29 Å². The van der Waals surface area contributed by atoms with Gasteiger partial charge in [0.05, 0.1) is 0 Å². The van der Waals surface area contributed by atoms with Gasteiger partial charge in [-0.2, -0.15) is 0 Å². The minimum Gasteiger partial charge on any atom is -0.421 e. The lowest BCUT2D eigenvalue weighted by molar-refractivity contribution is -0.176. The molecule has 0 radical (unpaired) electrons. The van der Waals surface area contributed by atoms with Gasteiger partial charge in [0.2, 0.25) is 0 Å². The number of ether oxygens (including phenoxy) is 2. The van der Waals surface area contributed by atoms with Crippen LogP contribution in [0.15, 0.2) is 30.3 Å². The zero-order chi connectivity index (χ0) is 15.7. The second kappa shape index (κ2) is 8.95. The van der Waals surface area contributed by atoms with Gasteiger partial charge >= 0.3 is 11.9 Å². The molecule has 0 aliphatic carbocycles. The Bertz CT molecular complexity index is 489. The number of benzene rings is 1. The van der Waals surface area contributed by atoms with E-state index in [1.54, 1.807) is 12.2 Å². The van der Waals surface area contributed by atoms with E-state index < -0.39 is 18.2 Å². The van der Waals surface area contributed by atoms with Crippen molar-refractivity contribution in [1.29, 1.82) is 0 Å².